The average molecular weight is 209 g/mol. The fraction of sp³-hybridized carbons (Fsp3) is 0.750. The molecule has 1 heterocycles. The van der Waals surface area contributed by atoms with E-state index >= 15 is 0 Å². The fourth-order valence-corrected chi connectivity index (χ4v) is 1.71. The lowest BCUT2D eigenvalue weighted by molar-refractivity contribution is 0.462. The normalized spacial score (nSPS) is 14.9. The van der Waals surface area contributed by atoms with Gasteiger partial charge in [0.1, 0.15) is 0 Å². The number of anilines is 1. The van der Waals surface area contributed by atoms with Gasteiger partial charge in [0, 0.05) is 19.3 Å². The first-order valence-electron chi connectivity index (χ1n) is 5.90. The number of hydrogen-bond donors (Lipinski definition) is 1. The summed E-state index contributed by atoms with van der Waals surface area (Å²) in [5, 5.41) is 7.69. The summed E-state index contributed by atoms with van der Waals surface area (Å²) in [6.07, 6.45) is 7.57. The molecule has 3 heteroatoms. The van der Waals surface area contributed by atoms with Crippen LogP contribution in [0.3, 0.4) is 0 Å². The van der Waals surface area contributed by atoms with Crippen LogP contribution in [-0.4, -0.2) is 15.8 Å². The lowest BCUT2D eigenvalue weighted by Crippen LogP contribution is -2.20. The predicted molar refractivity (Wildman–Crippen MR) is 65.0 cm³/mol. The number of nitrogens with zero attached hydrogens (tertiary/aromatic N) is 2. The van der Waals surface area contributed by atoms with Crippen molar-refractivity contribution in [2.24, 2.45) is 13.0 Å². The van der Waals surface area contributed by atoms with E-state index in [1.807, 2.05) is 24.1 Å². The summed E-state index contributed by atoms with van der Waals surface area (Å²) in [6, 6.07) is 0.573. The molecule has 0 fully saturated rings. The monoisotopic (exact) mass is 209 g/mol. The lowest BCUT2D eigenvalue weighted by atomic mass is 9.98. The second-order valence-corrected chi connectivity index (χ2v) is 4.40. The van der Waals surface area contributed by atoms with E-state index in [0.29, 0.717) is 6.04 Å². The Bertz CT molecular complexity index is 280. The van der Waals surface area contributed by atoms with Gasteiger partial charge in [0.2, 0.25) is 0 Å². The van der Waals surface area contributed by atoms with Crippen molar-refractivity contribution in [1.82, 2.24) is 9.78 Å². The van der Waals surface area contributed by atoms with Gasteiger partial charge in [-0.3, -0.25) is 4.68 Å². The molecule has 0 saturated carbocycles. The van der Waals surface area contributed by atoms with Crippen molar-refractivity contribution in [3.8, 4) is 0 Å². The van der Waals surface area contributed by atoms with Crippen LogP contribution in [0.4, 0.5) is 5.69 Å². The van der Waals surface area contributed by atoms with Gasteiger partial charge in [0.05, 0.1) is 11.9 Å². The maximum absolute atomic E-state index is 4.16. The van der Waals surface area contributed by atoms with Crippen molar-refractivity contribution >= 4 is 5.69 Å². The zero-order valence-corrected chi connectivity index (χ0v) is 10.3. The van der Waals surface area contributed by atoms with Crippen LogP contribution in [0, 0.1) is 5.92 Å². The van der Waals surface area contributed by atoms with E-state index in [2.05, 4.69) is 31.2 Å². The van der Waals surface area contributed by atoms with Gasteiger partial charge < -0.3 is 5.32 Å². The zero-order valence-electron chi connectivity index (χ0n) is 10.3. The minimum atomic E-state index is 0.573. The number of aromatic nitrogens is 2. The average Bonchev–Trinajstić information content (AvgIpc) is 2.62. The number of rotatable bonds is 6. The largest absolute Gasteiger partial charge is 0.380 e. The highest BCUT2D eigenvalue weighted by atomic mass is 15.3. The van der Waals surface area contributed by atoms with Crippen LogP contribution in [-0.2, 0) is 7.05 Å². The quantitative estimate of drug-likeness (QED) is 0.780. The van der Waals surface area contributed by atoms with Crippen LogP contribution < -0.4 is 5.32 Å². The lowest BCUT2D eigenvalue weighted by Gasteiger charge is -2.20. The van der Waals surface area contributed by atoms with Gasteiger partial charge in [-0.1, -0.05) is 27.2 Å². The van der Waals surface area contributed by atoms with Gasteiger partial charge >= 0.3 is 0 Å². The number of aryl methyl sites for hydroxylation is 1. The summed E-state index contributed by atoms with van der Waals surface area (Å²) in [7, 11) is 1.95. The molecule has 0 bridgehead atoms. The summed E-state index contributed by atoms with van der Waals surface area (Å²) in [5.74, 6) is 0.791. The third-order valence-electron chi connectivity index (χ3n) is 2.95. The van der Waals surface area contributed by atoms with Crippen LogP contribution in [0.1, 0.15) is 40.0 Å². The van der Waals surface area contributed by atoms with Crippen molar-refractivity contribution in [3.63, 3.8) is 0 Å². The molecular weight excluding hydrogens is 186 g/mol. The summed E-state index contributed by atoms with van der Waals surface area (Å²) < 4.78 is 1.83. The van der Waals surface area contributed by atoms with E-state index in [-0.39, 0.29) is 0 Å². The summed E-state index contributed by atoms with van der Waals surface area (Å²) in [5.41, 5.74) is 1.13. The van der Waals surface area contributed by atoms with E-state index in [4.69, 9.17) is 0 Å². The molecule has 1 aromatic rings. The van der Waals surface area contributed by atoms with E-state index in [1.54, 1.807) is 0 Å². The molecule has 0 spiro atoms. The van der Waals surface area contributed by atoms with E-state index in [0.717, 1.165) is 11.6 Å². The molecule has 2 unspecified atom stereocenters. The summed E-state index contributed by atoms with van der Waals surface area (Å²) >= 11 is 0. The molecule has 1 rings (SSSR count). The minimum absolute atomic E-state index is 0.573. The predicted octanol–water partition coefficient (Wildman–Crippen LogP) is 3.05. The maximum Gasteiger partial charge on any atom is 0.0728 e. The van der Waals surface area contributed by atoms with E-state index in [1.165, 1.54) is 19.3 Å². The second-order valence-electron chi connectivity index (χ2n) is 4.40. The first-order chi connectivity index (χ1) is 7.15. The van der Waals surface area contributed by atoms with Gasteiger partial charge in [-0.25, -0.2) is 0 Å². The Morgan fingerprint density at radius 3 is 2.60 bits per heavy atom. The van der Waals surface area contributed by atoms with Gasteiger partial charge in [-0.2, -0.15) is 5.10 Å². The van der Waals surface area contributed by atoms with Crippen molar-refractivity contribution in [2.75, 3.05) is 5.32 Å². The summed E-state index contributed by atoms with van der Waals surface area (Å²) in [6.45, 7) is 6.80. The Kier molecular flexibility index (Phi) is 4.66. The molecule has 0 radical (unpaired) electrons. The molecule has 2 atom stereocenters. The van der Waals surface area contributed by atoms with Crippen LogP contribution in [0.5, 0.6) is 0 Å². The zero-order chi connectivity index (χ0) is 11.3. The molecular formula is C12H23N3. The van der Waals surface area contributed by atoms with Crippen LogP contribution in [0.15, 0.2) is 12.4 Å². The molecule has 86 valence electrons. The van der Waals surface area contributed by atoms with Gasteiger partial charge in [0.15, 0.2) is 0 Å². The second kappa shape index (κ2) is 5.79. The minimum Gasteiger partial charge on any atom is -0.380 e. The highest BCUT2D eigenvalue weighted by Gasteiger charge is 2.10. The smallest absolute Gasteiger partial charge is 0.0728 e. The molecule has 0 aliphatic carbocycles. The third-order valence-corrected chi connectivity index (χ3v) is 2.95. The van der Waals surface area contributed by atoms with Crippen LogP contribution in [0.25, 0.3) is 0 Å². The maximum atomic E-state index is 4.16. The highest BCUT2D eigenvalue weighted by Crippen LogP contribution is 2.16. The van der Waals surface area contributed by atoms with Crippen molar-refractivity contribution in [1.29, 1.82) is 0 Å². The molecule has 15 heavy (non-hydrogen) atoms. The van der Waals surface area contributed by atoms with Crippen LogP contribution in [0.2, 0.25) is 0 Å². The van der Waals surface area contributed by atoms with Crippen LogP contribution >= 0.6 is 0 Å². The number of nitrogens with one attached hydrogen (secondary N) is 1. The Morgan fingerprint density at radius 2 is 2.13 bits per heavy atom. The molecule has 1 aromatic heterocycles. The topological polar surface area (TPSA) is 29.9 Å². The third kappa shape index (κ3) is 3.94. The molecule has 0 amide bonds. The SMILES string of the molecule is CCC(C)CC(CC)Nc1cnn(C)c1. The van der Waals surface area contributed by atoms with Crippen molar-refractivity contribution < 1.29 is 0 Å². The van der Waals surface area contributed by atoms with Crippen molar-refractivity contribution in [3.05, 3.63) is 12.4 Å². The van der Waals surface area contributed by atoms with Crippen molar-refractivity contribution in [2.45, 2.75) is 46.1 Å². The highest BCUT2D eigenvalue weighted by molar-refractivity contribution is 5.39. The molecule has 1 N–H and O–H groups in total. The fourth-order valence-electron chi connectivity index (χ4n) is 1.71. The van der Waals surface area contributed by atoms with E-state index < -0.39 is 0 Å². The molecule has 0 aliphatic heterocycles. The standard InChI is InChI=1S/C12H23N3/c1-5-10(3)7-11(6-2)14-12-8-13-15(4)9-12/h8-11,14H,5-7H2,1-4H3. The Labute approximate surface area is 92.9 Å². The number of hydrogen-bond acceptors (Lipinski definition) is 2. The Balaban J connectivity index is 2.46. The Hall–Kier alpha value is -0.990. The first-order valence-corrected chi connectivity index (χ1v) is 5.90. The molecule has 0 aromatic carbocycles. The van der Waals surface area contributed by atoms with E-state index in [9.17, 15) is 0 Å². The molecule has 0 aliphatic rings. The van der Waals surface area contributed by atoms with Gasteiger partial charge in [-0.15, -0.1) is 0 Å². The first kappa shape index (κ1) is 12.1. The van der Waals surface area contributed by atoms with Gasteiger partial charge in [0.25, 0.3) is 0 Å². The Morgan fingerprint density at radius 1 is 1.40 bits per heavy atom. The molecule has 3 nitrogen and oxygen atoms in total. The van der Waals surface area contributed by atoms with Gasteiger partial charge in [-0.05, 0) is 18.8 Å². The molecule has 0 saturated heterocycles. The summed E-state index contributed by atoms with van der Waals surface area (Å²) in [4.78, 5) is 0.